The van der Waals surface area contributed by atoms with Crippen LogP contribution < -0.4 is 4.90 Å². The standard InChI is InChI=1S/C27H26FN7S/c28-22-12-10-21(11-13-22)25(26-30-31-32-35(26)15-14-20-6-2-1-3-7-20)33-16-18-34(19-17-33)27-29-23-8-4-5-9-24(23)36-27/h1-13,25H,14-19H2/t25-/m1/s1. The van der Waals surface area contributed by atoms with E-state index in [9.17, 15) is 4.39 Å². The predicted molar refractivity (Wildman–Crippen MR) is 140 cm³/mol. The minimum absolute atomic E-state index is 0.158. The summed E-state index contributed by atoms with van der Waals surface area (Å²) in [6.45, 7) is 4.02. The van der Waals surface area contributed by atoms with Gasteiger partial charge in [-0.05, 0) is 52.2 Å². The Balaban J connectivity index is 1.24. The fraction of sp³-hybridized carbons (Fsp3) is 0.259. The Bertz CT molecular complexity index is 1390. The van der Waals surface area contributed by atoms with Crippen molar-refractivity contribution in [1.82, 2.24) is 30.1 Å². The van der Waals surface area contributed by atoms with E-state index >= 15 is 0 Å². The second-order valence-corrected chi connectivity index (χ2v) is 9.95. The van der Waals surface area contributed by atoms with Crippen molar-refractivity contribution in [3.63, 3.8) is 0 Å². The molecule has 3 heterocycles. The normalized spacial score (nSPS) is 15.4. The van der Waals surface area contributed by atoms with Crippen molar-refractivity contribution in [3.8, 4) is 0 Å². The van der Waals surface area contributed by atoms with Crippen molar-refractivity contribution in [2.24, 2.45) is 0 Å². The molecule has 0 bridgehead atoms. The van der Waals surface area contributed by atoms with Gasteiger partial charge in [0.15, 0.2) is 11.0 Å². The van der Waals surface area contributed by atoms with E-state index in [1.165, 1.54) is 22.4 Å². The maximum atomic E-state index is 13.8. The molecule has 0 N–H and O–H groups in total. The molecular formula is C27H26FN7S. The maximum absolute atomic E-state index is 13.8. The van der Waals surface area contributed by atoms with Crippen LogP contribution in [-0.4, -0.2) is 56.3 Å². The van der Waals surface area contributed by atoms with Crippen molar-refractivity contribution < 1.29 is 4.39 Å². The molecule has 36 heavy (non-hydrogen) atoms. The molecule has 3 aromatic carbocycles. The van der Waals surface area contributed by atoms with E-state index in [1.54, 1.807) is 11.3 Å². The first-order valence-electron chi connectivity index (χ1n) is 12.1. The molecule has 9 heteroatoms. The van der Waals surface area contributed by atoms with Gasteiger partial charge in [-0.1, -0.05) is 65.9 Å². The fourth-order valence-electron chi connectivity index (χ4n) is 4.78. The van der Waals surface area contributed by atoms with Gasteiger partial charge in [-0.2, -0.15) is 0 Å². The molecule has 1 atom stereocenters. The Morgan fingerprint density at radius 3 is 2.39 bits per heavy atom. The van der Waals surface area contributed by atoms with E-state index < -0.39 is 0 Å². The molecule has 2 aromatic heterocycles. The van der Waals surface area contributed by atoms with Crippen molar-refractivity contribution in [3.05, 3.63) is 102 Å². The highest BCUT2D eigenvalue weighted by Gasteiger charge is 2.31. The van der Waals surface area contributed by atoms with E-state index in [4.69, 9.17) is 4.98 Å². The summed E-state index contributed by atoms with van der Waals surface area (Å²) in [5.74, 6) is 0.535. The number of aryl methyl sites for hydroxylation is 2. The zero-order chi connectivity index (χ0) is 24.3. The Kier molecular flexibility index (Phi) is 6.40. The van der Waals surface area contributed by atoms with E-state index in [1.807, 2.05) is 41.1 Å². The largest absolute Gasteiger partial charge is 0.345 e. The summed E-state index contributed by atoms with van der Waals surface area (Å²) in [4.78, 5) is 9.58. The first-order valence-corrected chi connectivity index (χ1v) is 13.0. The van der Waals surface area contributed by atoms with E-state index in [-0.39, 0.29) is 11.9 Å². The van der Waals surface area contributed by atoms with Crippen LogP contribution in [0.2, 0.25) is 0 Å². The summed E-state index contributed by atoms with van der Waals surface area (Å²) < 4.78 is 16.9. The van der Waals surface area contributed by atoms with E-state index in [0.717, 1.165) is 54.6 Å². The number of aromatic nitrogens is 5. The zero-order valence-corrected chi connectivity index (χ0v) is 20.6. The third kappa shape index (κ3) is 4.72. The number of thiazole rings is 1. The highest BCUT2D eigenvalue weighted by atomic mass is 32.1. The summed E-state index contributed by atoms with van der Waals surface area (Å²) in [6.07, 6.45) is 0.834. The molecule has 6 rings (SSSR count). The number of para-hydroxylation sites is 1. The van der Waals surface area contributed by atoms with Gasteiger partial charge in [0, 0.05) is 32.7 Å². The molecule has 5 aromatic rings. The van der Waals surface area contributed by atoms with Crippen LogP contribution in [0.4, 0.5) is 9.52 Å². The van der Waals surface area contributed by atoms with Crippen molar-refractivity contribution in [1.29, 1.82) is 0 Å². The van der Waals surface area contributed by atoms with Crippen LogP contribution in [-0.2, 0) is 13.0 Å². The number of fused-ring (bicyclic) bond motifs is 1. The van der Waals surface area contributed by atoms with Crippen LogP contribution in [0.25, 0.3) is 10.2 Å². The van der Waals surface area contributed by atoms with Gasteiger partial charge in [0.2, 0.25) is 0 Å². The molecule has 0 aliphatic carbocycles. The molecule has 0 spiro atoms. The number of nitrogens with zero attached hydrogens (tertiary/aromatic N) is 7. The monoisotopic (exact) mass is 499 g/mol. The number of piperazine rings is 1. The molecule has 182 valence electrons. The van der Waals surface area contributed by atoms with Gasteiger partial charge in [-0.15, -0.1) is 5.10 Å². The van der Waals surface area contributed by atoms with Gasteiger partial charge in [-0.3, -0.25) is 4.90 Å². The molecule has 0 radical (unpaired) electrons. The third-order valence-electron chi connectivity index (χ3n) is 6.68. The Labute approximate surface area is 212 Å². The number of rotatable bonds is 7. The number of hydrogen-bond donors (Lipinski definition) is 0. The topological polar surface area (TPSA) is 63.0 Å². The molecule has 0 amide bonds. The number of anilines is 1. The van der Waals surface area contributed by atoms with Gasteiger partial charge in [0.05, 0.1) is 16.3 Å². The first kappa shape index (κ1) is 22.8. The van der Waals surface area contributed by atoms with Crippen LogP contribution in [0.1, 0.15) is 23.0 Å². The average Bonchev–Trinajstić information content (AvgIpc) is 3.57. The number of hydrogen-bond acceptors (Lipinski definition) is 7. The van der Waals surface area contributed by atoms with Crippen LogP contribution in [0.3, 0.4) is 0 Å². The van der Waals surface area contributed by atoms with Crippen LogP contribution in [0.15, 0.2) is 78.9 Å². The lowest BCUT2D eigenvalue weighted by Gasteiger charge is -2.38. The highest BCUT2D eigenvalue weighted by Crippen LogP contribution is 2.32. The van der Waals surface area contributed by atoms with Crippen molar-refractivity contribution in [2.45, 2.75) is 19.0 Å². The third-order valence-corrected chi connectivity index (χ3v) is 7.77. The second kappa shape index (κ2) is 10.1. The van der Waals surface area contributed by atoms with Gasteiger partial charge in [-0.25, -0.2) is 14.1 Å². The molecule has 1 saturated heterocycles. The van der Waals surface area contributed by atoms with Gasteiger partial charge < -0.3 is 4.90 Å². The maximum Gasteiger partial charge on any atom is 0.186 e. The molecule has 0 saturated carbocycles. The average molecular weight is 500 g/mol. The van der Waals surface area contributed by atoms with Crippen molar-refractivity contribution in [2.75, 3.05) is 31.1 Å². The first-order chi connectivity index (χ1) is 17.7. The van der Waals surface area contributed by atoms with Crippen LogP contribution in [0.5, 0.6) is 0 Å². The lowest BCUT2D eigenvalue weighted by atomic mass is 10.0. The summed E-state index contributed by atoms with van der Waals surface area (Å²) in [5.41, 5.74) is 3.27. The van der Waals surface area contributed by atoms with Crippen LogP contribution >= 0.6 is 11.3 Å². The number of tetrazole rings is 1. The molecule has 1 fully saturated rings. The number of benzene rings is 3. The summed E-state index contributed by atoms with van der Waals surface area (Å²) in [5, 5.41) is 13.8. The van der Waals surface area contributed by atoms with E-state index in [2.05, 4.69) is 55.7 Å². The Morgan fingerprint density at radius 2 is 1.61 bits per heavy atom. The molecule has 1 aliphatic heterocycles. The molecule has 0 unspecified atom stereocenters. The SMILES string of the molecule is Fc1ccc([C@H](c2nnnn2CCc2ccccc2)N2CCN(c3nc4ccccc4s3)CC2)cc1. The smallest absolute Gasteiger partial charge is 0.186 e. The Morgan fingerprint density at radius 1 is 0.861 bits per heavy atom. The minimum Gasteiger partial charge on any atom is -0.345 e. The van der Waals surface area contributed by atoms with Gasteiger partial charge >= 0.3 is 0 Å². The van der Waals surface area contributed by atoms with Crippen molar-refractivity contribution >= 4 is 26.7 Å². The van der Waals surface area contributed by atoms with E-state index in [0.29, 0.717) is 6.54 Å². The fourth-order valence-corrected chi connectivity index (χ4v) is 5.80. The predicted octanol–water partition coefficient (Wildman–Crippen LogP) is 4.58. The van der Waals surface area contributed by atoms with Gasteiger partial charge in [0.25, 0.3) is 0 Å². The lowest BCUT2D eigenvalue weighted by molar-refractivity contribution is 0.200. The van der Waals surface area contributed by atoms with Crippen LogP contribution in [0, 0.1) is 5.82 Å². The highest BCUT2D eigenvalue weighted by molar-refractivity contribution is 7.22. The lowest BCUT2D eigenvalue weighted by Crippen LogP contribution is -2.48. The summed E-state index contributed by atoms with van der Waals surface area (Å²) in [6, 6.07) is 25.1. The summed E-state index contributed by atoms with van der Waals surface area (Å²) >= 11 is 1.73. The minimum atomic E-state index is -0.248. The quantitative estimate of drug-likeness (QED) is 0.327. The molecular weight excluding hydrogens is 473 g/mol. The summed E-state index contributed by atoms with van der Waals surface area (Å²) in [7, 11) is 0. The number of halogens is 1. The molecule has 7 nitrogen and oxygen atoms in total. The zero-order valence-electron chi connectivity index (χ0n) is 19.7. The molecule has 1 aliphatic rings. The Hall–Kier alpha value is -3.69. The second-order valence-electron chi connectivity index (χ2n) is 8.94. The van der Waals surface area contributed by atoms with Gasteiger partial charge in [0.1, 0.15) is 5.82 Å².